The van der Waals surface area contributed by atoms with Crippen LogP contribution in [0.4, 0.5) is 17.5 Å². The third kappa shape index (κ3) is 3.48. The zero-order chi connectivity index (χ0) is 15.6. The fourth-order valence-corrected chi connectivity index (χ4v) is 3.39. The fraction of sp³-hybridized carbons (Fsp3) is 0.333. The van der Waals surface area contributed by atoms with Crippen molar-refractivity contribution in [3.05, 3.63) is 36.6 Å². The number of thiophene rings is 1. The summed E-state index contributed by atoms with van der Waals surface area (Å²) in [4.78, 5) is 22.0. The molecule has 0 saturated carbocycles. The smallest absolute Gasteiger partial charge is 0.332 e. The lowest BCUT2D eigenvalue weighted by Crippen LogP contribution is -2.20. The number of nitrogens with zero attached hydrogens (tertiary/aromatic N) is 4. The van der Waals surface area contributed by atoms with Crippen molar-refractivity contribution in [2.24, 2.45) is 0 Å². The van der Waals surface area contributed by atoms with E-state index in [0.29, 0.717) is 24.0 Å². The van der Waals surface area contributed by atoms with Crippen molar-refractivity contribution >= 4 is 44.7 Å². The molecule has 2 rings (SSSR count). The highest BCUT2D eigenvalue weighted by Gasteiger charge is 2.25. The van der Waals surface area contributed by atoms with Crippen molar-refractivity contribution in [3.63, 3.8) is 0 Å². The maximum atomic E-state index is 11.3. The van der Waals surface area contributed by atoms with Gasteiger partial charge in [0.05, 0.1) is 11.5 Å². The van der Waals surface area contributed by atoms with Crippen LogP contribution in [-0.2, 0) is 6.54 Å². The third-order valence-corrected chi connectivity index (χ3v) is 4.50. The zero-order valence-electron chi connectivity index (χ0n) is 11.8. The third-order valence-electron chi connectivity index (χ3n) is 2.82. The molecule has 0 atom stereocenters. The summed E-state index contributed by atoms with van der Waals surface area (Å²) in [7, 11) is 3.46. The number of rotatable bonds is 5. The maximum absolute atomic E-state index is 11.3. The van der Waals surface area contributed by atoms with E-state index in [9.17, 15) is 10.1 Å². The van der Waals surface area contributed by atoms with Gasteiger partial charge < -0.3 is 10.2 Å². The van der Waals surface area contributed by atoms with Crippen molar-refractivity contribution in [1.29, 1.82) is 0 Å². The molecule has 1 N–H and O–H groups in total. The Bertz CT molecular complexity index is 676. The minimum absolute atomic E-state index is 0.0629. The highest BCUT2D eigenvalue weighted by molar-refractivity contribution is 9.10. The van der Waals surface area contributed by atoms with Crippen LogP contribution in [0.2, 0.25) is 0 Å². The second-order valence-corrected chi connectivity index (χ2v) is 6.31. The van der Waals surface area contributed by atoms with Gasteiger partial charge in [0, 0.05) is 28.8 Å². The van der Waals surface area contributed by atoms with Crippen molar-refractivity contribution in [3.8, 4) is 0 Å². The molecule has 2 aromatic rings. The molecule has 0 amide bonds. The van der Waals surface area contributed by atoms with Crippen molar-refractivity contribution in [1.82, 2.24) is 9.97 Å². The predicted molar refractivity (Wildman–Crippen MR) is 87.1 cm³/mol. The minimum Gasteiger partial charge on any atom is -0.357 e. The number of halogens is 1. The summed E-state index contributed by atoms with van der Waals surface area (Å²) in [5, 5.41) is 16.1. The fourth-order valence-electron chi connectivity index (χ4n) is 1.89. The van der Waals surface area contributed by atoms with Gasteiger partial charge in [-0.3, -0.25) is 10.1 Å². The van der Waals surface area contributed by atoms with E-state index in [2.05, 4.69) is 31.2 Å². The summed E-state index contributed by atoms with van der Waals surface area (Å²) in [5.41, 5.74) is 0.278. The van der Waals surface area contributed by atoms with E-state index in [1.54, 1.807) is 37.3 Å². The largest absolute Gasteiger partial charge is 0.357 e. The molecule has 0 radical (unpaired) electrons. The zero-order valence-corrected chi connectivity index (χ0v) is 14.2. The molecular formula is C12H14BrN5O2S. The van der Waals surface area contributed by atoms with Crippen molar-refractivity contribution in [2.45, 2.75) is 13.5 Å². The first kappa shape index (κ1) is 15.6. The molecule has 21 heavy (non-hydrogen) atoms. The molecule has 2 heterocycles. The van der Waals surface area contributed by atoms with Gasteiger partial charge in [-0.05, 0) is 28.9 Å². The molecule has 7 nitrogen and oxygen atoms in total. The van der Waals surface area contributed by atoms with Crippen LogP contribution in [0.15, 0.2) is 15.9 Å². The van der Waals surface area contributed by atoms with Crippen LogP contribution in [0.5, 0.6) is 0 Å². The molecule has 0 fully saturated rings. The highest BCUT2D eigenvalue weighted by Crippen LogP contribution is 2.31. The van der Waals surface area contributed by atoms with Crippen LogP contribution in [0.1, 0.15) is 10.6 Å². The Hall–Kier alpha value is -1.74. The van der Waals surface area contributed by atoms with Gasteiger partial charge >= 0.3 is 5.69 Å². The molecule has 9 heteroatoms. The van der Waals surface area contributed by atoms with Crippen LogP contribution in [0.25, 0.3) is 0 Å². The maximum Gasteiger partial charge on any atom is 0.332 e. The van der Waals surface area contributed by atoms with E-state index >= 15 is 0 Å². The van der Waals surface area contributed by atoms with E-state index < -0.39 is 4.92 Å². The Balaban J connectivity index is 2.40. The first-order chi connectivity index (χ1) is 9.92. The summed E-state index contributed by atoms with van der Waals surface area (Å²) >= 11 is 4.98. The quantitative estimate of drug-likeness (QED) is 0.641. The van der Waals surface area contributed by atoms with Gasteiger partial charge in [0.25, 0.3) is 0 Å². The van der Waals surface area contributed by atoms with Gasteiger partial charge in [-0.25, -0.2) is 4.98 Å². The van der Waals surface area contributed by atoms with E-state index in [1.165, 1.54) is 0 Å². The molecule has 112 valence electrons. The SMILES string of the molecule is CNc1nc(C)c([N+](=O)[O-])c(N(C)Cc2cc(Br)cs2)n1. The first-order valence-corrected chi connectivity index (χ1v) is 7.74. The molecule has 0 spiro atoms. The van der Waals surface area contributed by atoms with Gasteiger partial charge in [-0.2, -0.15) is 4.98 Å². The lowest BCUT2D eigenvalue weighted by molar-refractivity contribution is -0.385. The van der Waals surface area contributed by atoms with E-state index in [-0.39, 0.29) is 5.69 Å². The Morgan fingerprint density at radius 2 is 2.24 bits per heavy atom. The van der Waals surface area contributed by atoms with Crippen LogP contribution in [-0.4, -0.2) is 29.0 Å². The van der Waals surface area contributed by atoms with Gasteiger partial charge in [-0.15, -0.1) is 11.3 Å². The van der Waals surface area contributed by atoms with Gasteiger partial charge in [0.15, 0.2) is 0 Å². The van der Waals surface area contributed by atoms with Gasteiger partial charge in [0.1, 0.15) is 5.69 Å². The molecule has 0 unspecified atom stereocenters. The number of hydrogen-bond donors (Lipinski definition) is 1. The highest BCUT2D eigenvalue weighted by atomic mass is 79.9. The number of anilines is 2. The predicted octanol–water partition coefficient (Wildman–Crippen LogP) is 3.20. The average molecular weight is 372 g/mol. The number of nitrogens with one attached hydrogen (secondary N) is 1. The molecule has 0 aliphatic carbocycles. The van der Waals surface area contributed by atoms with Crippen LogP contribution in [0, 0.1) is 17.0 Å². The first-order valence-electron chi connectivity index (χ1n) is 6.07. The Labute approximate surface area is 134 Å². The van der Waals surface area contributed by atoms with E-state index in [1.807, 2.05) is 11.4 Å². The number of nitro groups is 1. The monoisotopic (exact) mass is 371 g/mol. The summed E-state index contributed by atoms with van der Waals surface area (Å²) in [6.07, 6.45) is 0. The Kier molecular flexibility index (Phi) is 4.73. The Morgan fingerprint density at radius 3 is 2.76 bits per heavy atom. The normalized spacial score (nSPS) is 10.5. The lowest BCUT2D eigenvalue weighted by atomic mass is 10.3. The van der Waals surface area contributed by atoms with Crippen molar-refractivity contribution < 1.29 is 4.92 Å². The summed E-state index contributed by atoms with van der Waals surface area (Å²) < 4.78 is 1.00. The minimum atomic E-state index is -0.440. The van der Waals surface area contributed by atoms with Crippen LogP contribution >= 0.6 is 27.3 Å². The second-order valence-electron chi connectivity index (χ2n) is 4.40. The molecule has 0 bridgehead atoms. The van der Waals surface area contributed by atoms with Gasteiger partial charge in [-0.1, -0.05) is 0 Å². The number of aryl methyl sites for hydroxylation is 1. The van der Waals surface area contributed by atoms with Crippen LogP contribution < -0.4 is 10.2 Å². The molecule has 0 aliphatic heterocycles. The standard InChI is InChI=1S/C12H14BrN5O2S/c1-7-10(18(19)20)11(16-12(14-2)15-7)17(3)5-9-4-8(13)6-21-9/h4,6H,5H2,1-3H3,(H,14,15,16). The molecule has 0 aromatic carbocycles. The topological polar surface area (TPSA) is 84.2 Å². The average Bonchev–Trinajstić information content (AvgIpc) is 2.82. The Morgan fingerprint density at radius 1 is 1.52 bits per heavy atom. The molecule has 0 aliphatic rings. The summed E-state index contributed by atoms with van der Waals surface area (Å²) in [5.74, 6) is 0.675. The molecule has 0 saturated heterocycles. The molecule has 2 aromatic heterocycles. The van der Waals surface area contributed by atoms with E-state index in [4.69, 9.17) is 0 Å². The number of hydrogen-bond acceptors (Lipinski definition) is 7. The van der Waals surface area contributed by atoms with Crippen molar-refractivity contribution in [2.75, 3.05) is 24.3 Å². The lowest BCUT2D eigenvalue weighted by Gasteiger charge is -2.18. The van der Waals surface area contributed by atoms with Gasteiger partial charge in [0.2, 0.25) is 11.8 Å². The van der Waals surface area contributed by atoms with E-state index in [0.717, 1.165) is 9.35 Å². The second kappa shape index (κ2) is 6.35. The summed E-state index contributed by atoms with van der Waals surface area (Å²) in [6.45, 7) is 2.15. The number of aromatic nitrogens is 2. The molecular weight excluding hydrogens is 358 g/mol. The van der Waals surface area contributed by atoms with Crippen LogP contribution in [0.3, 0.4) is 0 Å². The summed E-state index contributed by atoms with van der Waals surface area (Å²) in [6, 6.07) is 1.99.